The fourth-order valence-corrected chi connectivity index (χ4v) is 2.37. The normalized spacial score (nSPS) is 17.9. The Morgan fingerprint density at radius 1 is 1.33 bits per heavy atom. The Hall–Kier alpha value is -0.570. The zero-order valence-corrected chi connectivity index (χ0v) is 12.8. The van der Waals surface area contributed by atoms with Gasteiger partial charge in [-0.1, -0.05) is 34.6 Å². The van der Waals surface area contributed by atoms with Crippen molar-refractivity contribution >= 4 is 5.91 Å². The molecular formula is C15H29NO2. The largest absolute Gasteiger partial charge is 0.383 e. The molecule has 18 heavy (non-hydrogen) atoms. The average molecular weight is 255 g/mol. The van der Waals surface area contributed by atoms with Crippen LogP contribution in [0.15, 0.2) is 0 Å². The molecular weight excluding hydrogens is 226 g/mol. The highest BCUT2D eigenvalue weighted by molar-refractivity contribution is 5.82. The Morgan fingerprint density at radius 3 is 2.22 bits per heavy atom. The predicted octanol–water partition coefficient (Wildman–Crippen LogP) is 3.08. The summed E-state index contributed by atoms with van der Waals surface area (Å²) in [5.41, 5.74) is -0.300. The smallest absolute Gasteiger partial charge is 0.228 e. The highest BCUT2D eigenvalue weighted by Crippen LogP contribution is 2.34. The molecule has 1 rings (SSSR count). The second kappa shape index (κ2) is 6.05. The minimum atomic E-state index is -0.300. The Kier molecular flexibility index (Phi) is 5.20. The molecule has 0 aromatic heterocycles. The van der Waals surface area contributed by atoms with Crippen LogP contribution in [0.25, 0.3) is 0 Å². The summed E-state index contributed by atoms with van der Waals surface area (Å²) in [6.07, 6.45) is 3.33. The van der Waals surface area contributed by atoms with Crippen molar-refractivity contribution in [2.75, 3.05) is 13.7 Å². The summed E-state index contributed by atoms with van der Waals surface area (Å²) in [6.45, 7) is 11.1. The fourth-order valence-electron chi connectivity index (χ4n) is 2.37. The third-order valence-corrected chi connectivity index (χ3v) is 3.31. The molecule has 0 bridgehead atoms. The maximum absolute atomic E-state index is 12.6. The van der Waals surface area contributed by atoms with Crippen molar-refractivity contribution < 1.29 is 9.53 Å². The summed E-state index contributed by atoms with van der Waals surface area (Å²) >= 11 is 0. The van der Waals surface area contributed by atoms with Crippen molar-refractivity contribution in [3.05, 3.63) is 0 Å². The summed E-state index contributed by atoms with van der Waals surface area (Å²) < 4.78 is 5.33. The summed E-state index contributed by atoms with van der Waals surface area (Å²) in [7, 11) is 1.72. The summed E-state index contributed by atoms with van der Waals surface area (Å²) in [4.78, 5) is 14.7. The molecule has 1 atom stereocenters. The molecule has 1 saturated carbocycles. The van der Waals surface area contributed by atoms with E-state index in [0.29, 0.717) is 18.6 Å². The van der Waals surface area contributed by atoms with E-state index in [1.165, 1.54) is 0 Å². The van der Waals surface area contributed by atoms with Gasteiger partial charge < -0.3 is 9.64 Å². The van der Waals surface area contributed by atoms with Crippen LogP contribution in [0.5, 0.6) is 0 Å². The minimum Gasteiger partial charge on any atom is -0.383 e. The van der Waals surface area contributed by atoms with Gasteiger partial charge in [0.15, 0.2) is 0 Å². The van der Waals surface area contributed by atoms with Crippen LogP contribution in [0.2, 0.25) is 0 Å². The third kappa shape index (κ3) is 4.27. The van der Waals surface area contributed by atoms with Gasteiger partial charge in [-0.25, -0.2) is 0 Å². The van der Waals surface area contributed by atoms with E-state index in [1.54, 1.807) is 7.11 Å². The fraction of sp³-hybridized carbons (Fsp3) is 0.933. The molecule has 1 aliphatic rings. The standard InChI is InChI=1S/C15H29NO2/c1-11(2)9-13(10-18-6)16(12-7-8-12)14(17)15(3,4)5/h11-13H,7-10H2,1-6H3/t13-/m0/s1. The number of carbonyl (C=O) groups is 1. The van der Waals surface area contributed by atoms with Gasteiger partial charge in [-0.05, 0) is 25.2 Å². The molecule has 1 fully saturated rings. The molecule has 0 N–H and O–H groups in total. The van der Waals surface area contributed by atoms with Crippen molar-refractivity contribution in [1.82, 2.24) is 4.90 Å². The zero-order chi connectivity index (χ0) is 13.9. The van der Waals surface area contributed by atoms with E-state index in [9.17, 15) is 4.79 Å². The maximum Gasteiger partial charge on any atom is 0.228 e. The van der Waals surface area contributed by atoms with Crippen LogP contribution >= 0.6 is 0 Å². The zero-order valence-electron chi connectivity index (χ0n) is 12.8. The molecule has 0 unspecified atom stereocenters. The van der Waals surface area contributed by atoms with Gasteiger partial charge >= 0.3 is 0 Å². The van der Waals surface area contributed by atoms with Crippen molar-refractivity contribution in [2.24, 2.45) is 11.3 Å². The molecule has 0 spiro atoms. The van der Waals surface area contributed by atoms with Gasteiger partial charge in [0, 0.05) is 18.6 Å². The van der Waals surface area contributed by atoms with Crippen LogP contribution in [0, 0.1) is 11.3 Å². The van der Waals surface area contributed by atoms with Crippen LogP contribution in [0.4, 0.5) is 0 Å². The monoisotopic (exact) mass is 255 g/mol. The number of hydrogen-bond acceptors (Lipinski definition) is 2. The summed E-state index contributed by atoms with van der Waals surface area (Å²) in [5.74, 6) is 0.854. The Balaban J connectivity index is 2.83. The lowest BCUT2D eigenvalue weighted by atomic mass is 9.92. The predicted molar refractivity (Wildman–Crippen MR) is 74.4 cm³/mol. The first-order valence-corrected chi connectivity index (χ1v) is 7.09. The Morgan fingerprint density at radius 2 is 1.89 bits per heavy atom. The molecule has 1 amide bonds. The highest BCUT2D eigenvalue weighted by Gasteiger charge is 2.41. The van der Waals surface area contributed by atoms with Gasteiger partial charge in [-0.15, -0.1) is 0 Å². The van der Waals surface area contributed by atoms with Gasteiger partial charge in [-0.2, -0.15) is 0 Å². The lowest BCUT2D eigenvalue weighted by Crippen LogP contribution is -2.49. The number of rotatable bonds is 6. The molecule has 0 heterocycles. The molecule has 106 valence electrons. The van der Waals surface area contributed by atoms with Gasteiger partial charge in [-0.3, -0.25) is 4.79 Å². The molecule has 0 aromatic carbocycles. The van der Waals surface area contributed by atoms with E-state index in [-0.39, 0.29) is 17.4 Å². The number of amides is 1. The topological polar surface area (TPSA) is 29.5 Å². The van der Waals surface area contributed by atoms with E-state index in [4.69, 9.17) is 4.74 Å². The number of ether oxygens (including phenoxy) is 1. The van der Waals surface area contributed by atoms with Crippen LogP contribution in [-0.2, 0) is 9.53 Å². The minimum absolute atomic E-state index is 0.231. The quantitative estimate of drug-likeness (QED) is 0.730. The molecule has 0 aromatic rings. The molecule has 1 aliphatic carbocycles. The van der Waals surface area contributed by atoms with Crippen LogP contribution < -0.4 is 0 Å². The van der Waals surface area contributed by atoms with Crippen LogP contribution in [-0.4, -0.2) is 36.6 Å². The third-order valence-electron chi connectivity index (χ3n) is 3.31. The average Bonchev–Trinajstić information content (AvgIpc) is 3.00. The van der Waals surface area contributed by atoms with E-state index in [0.717, 1.165) is 19.3 Å². The summed E-state index contributed by atoms with van der Waals surface area (Å²) in [6, 6.07) is 0.685. The molecule has 0 saturated heterocycles. The van der Waals surface area contributed by atoms with Crippen molar-refractivity contribution in [3.8, 4) is 0 Å². The lowest BCUT2D eigenvalue weighted by Gasteiger charge is -2.37. The van der Waals surface area contributed by atoms with E-state index in [1.807, 2.05) is 20.8 Å². The molecule has 3 nitrogen and oxygen atoms in total. The van der Waals surface area contributed by atoms with Gasteiger partial charge in [0.05, 0.1) is 12.6 Å². The number of carbonyl (C=O) groups excluding carboxylic acids is 1. The number of methoxy groups -OCH3 is 1. The first-order chi connectivity index (χ1) is 8.27. The first kappa shape index (κ1) is 15.5. The van der Waals surface area contributed by atoms with E-state index in [2.05, 4.69) is 18.7 Å². The van der Waals surface area contributed by atoms with Gasteiger partial charge in [0.1, 0.15) is 0 Å². The molecule has 3 heteroatoms. The molecule has 0 radical (unpaired) electrons. The van der Waals surface area contributed by atoms with Crippen LogP contribution in [0.3, 0.4) is 0 Å². The van der Waals surface area contributed by atoms with Crippen molar-refractivity contribution in [3.63, 3.8) is 0 Å². The van der Waals surface area contributed by atoms with Crippen LogP contribution in [0.1, 0.15) is 53.9 Å². The Bertz CT molecular complexity index is 277. The van der Waals surface area contributed by atoms with Gasteiger partial charge in [0.25, 0.3) is 0 Å². The Labute approximate surface area is 112 Å². The number of nitrogens with zero attached hydrogens (tertiary/aromatic N) is 1. The van der Waals surface area contributed by atoms with Gasteiger partial charge in [0.2, 0.25) is 5.91 Å². The first-order valence-electron chi connectivity index (χ1n) is 7.09. The van der Waals surface area contributed by atoms with Crippen molar-refractivity contribution in [1.29, 1.82) is 0 Å². The summed E-state index contributed by atoms with van der Waals surface area (Å²) in [5, 5.41) is 0. The highest BCUT2D eigenvalue weighted by atomic mass is 16.5. The maximum atomic E-state index is 12.6. The van der Waals surface area contributed by atoms with Crippen molar-refractivity contribution in [2.45, 2.75) is 66.0 Å². The second-order valence-corrected chi connectivity index (χ2v) is 6.93. The SMILES string of the molecule is COC[C@H](CC(C)C)N(C(=O)C(C)(C)C)C1CC1. The lowest BCUT2D eigenvalue weighted by molar-refractivity contribution is -0.144. The number of hydrogen-bond donors (Lipinski definition) is 0. The molecule has 0 aliphatic heterocycles. The van der Waals surface area contributed by atoms with E-state index < -0.39 is 0 Å². The second-order valence-electron chi connectivity index (χ2n) is 6.93. The van der Waals surface area contributed by atoms with E-state index >= 15 is 0 Å².